The number of halogens is 1. The number of benzene rings is 2. The fourth-order valence-corrected chi connectivity index (χ4v) is 3.68. The van der Waals surface area contributed by atoms with Crippen molar-refractivity contribution in [3.63, 3.8) is 0 Å². The molecule has 0 atom stereocenters. The maximum atomic E-state index is 12.2. The van der Waals surface area contributed by atoms with Gasteiger partial charge in [-0.1, -0.05) is 23.7 Å². The molecule has 4 rings (SSSR count). The Labute approximate surface area is 185 Å². The van der Waals surface area contributed by atoms with Crippen molar-refractivity contribution in [2.45, 2.75) is 0 Å². The third-order valence-corrected chi connectivity index (χ3v) is 5.40. The third kappa shape index (κ3) is 4.76. The number of aliphatic imine (C=N–C) groups is 1. The molecule has 0 aliphatic carbocycles. The van der Waals surface area contributed by atoms with Gasteiger partial charge in [0.05, 0.1) is 10.5 Å². The number of amidine groups is 1. The highest BCUT2D eigenvalue weighted by molar-refractivity contribution is 8.18. The molecular formula is C22H13ClN2O5S. The third-order valence-electron chi connectivity index (χ3n) is 4.24. The standard InChI is InChI=1S/C22H13ClN2O5S/c23-15-6-4-12(5-7-15)19(26)24-22-25-20(27)18(31-22)11-16-8-9-17(30-16)13-2-1-3-14(10-13)21(28)29/h1-11H,(H,28,29)(H,24,25,26,27)/b18-11-. The largest absolute Gasteiger partial charge is 0.478 e. The van der Waals surface area contributed by atoms with Crippen LogP contribution in [0.2, 0.25) is 5.02 Å². The summed E-state index contributed by atoms with van der Waals surface area (Å²) < 4.78 is 5.73. The Morgan fingerprint density at radius 3 is 2.58 bits per heavy atom. The van der Waals surface area contributed by atoms with Gasteiger partial charge in [0, 0.05) is 22.2 Å². The van der Waals surface area contributed by atoms with Crippen molar-refractivity contribution >= 4 is 52.4 Å². The minimum Gasteiger partial charge on any atom is -0.478 e. The van der Waals surface area contributed by atoms with Crippen molar-refractivity contribution in [2.75, 3.05) is 0 Å². The fourth-order valence-electron chi connectivity index (χ4n) is 2.75. The minimum atomic E-state index is -1.03. The molecular weight excluding hydrogens is 440 g/mol. The van der Waals surface area contributed by atoms with E-state index in [2.05, 4.69) is 10.3 Å². The maximum Gasteiger partial charge on any atom is 0.335 e. The average molecular weight is 453 g/mol. The molecule has 0 spiro atoms. The maximum absolute atomic E-state index is 12.2. The van der Waals surface area contributed by atoms with Crippen molar-refractivity contribution in [1.82, 2.24) is 5.32 Å². The summed E-state index contributed by atoms with van der Waals surface area (Å²) in [4.78, 5) is 39.9. The molecule has 9 heteroatoms. The molecule has 154 valence electrons. The Morgan fingerprint density at radius 1 is 1.06 bits per heavy atom. The Balaban J connectivity index is 1.52. The molecule has 2 aromatic carbocycles. The molecule has 1 aliphatic rings. The first-order valence-corrected chi connectivity index (χ1v) is 10.1. The Morgan fingerprint density at radius 2 is 1.84 bits per heavy atom. The van der Waals surface area contributed by atoms with E-state index in [1.54, 1.807) is 48.5 Å². The summed E-state index contributed by atoms with van der Waals surface area (Å²) in [7, 11) is 0. The van der Waals surface area contributed by atoms with E-state index in [0.29, 0.717) is 32.6 Å². The Hall–Kier alpha value is -3.62. The number of aromatic carboxylic acids is 1. The topological polar surface area (TPSA) is 109 Å². The number of hydrogen-bond donors (Lipinski definition) is 2. The molecule has 3 aromatic rings. The van der Waals surface area contributed by atoms with Gasteiger partial charge < -0.3 is 14.8 Å². The van der Waals surface area contributed by atoms with E-state index in [1.807, 2.05) is 0 Å². The molecule has 1 aliphatic heterocycles. The van der Waals surface area contributed by atoms with E-state index in [4.69, 9.17) is 21.1 Å². The van der Waals surface area contributed by atoms with Crippen LogP contribution in [0.15, 0.2) is 75.0 Å². The second kappa shape index (κ2) is 8.63. The second-order valence-corrected chi connectivity index (χ2v) is 7.85. The van der Waals surface area contributed by atoms with E-state index in [1.165, 1.54) is 18.2 Å². The first-order valence-electron chi connectivity index (χ1n) is 8.92. The summed E-state index contributed by atoms with van der Waals surface area (Å²) in [5.41, 5.74) is 1.10. The monoisotopic (exact) mass is 452 g/mol. The molecule has 1 fully saturated rings. The number of carbonyl (C=O) groups is 3. The number of carboxylic acids is 1. The van der Waals surface area contributed by atoms with Gasteiger partial charge in [0.25, 0.3) is 11.8 Å². The lowest BCUT2D eigenvalue weighted by molar-refractivity contribution is -0.115. The van der Waals surface area contributed by atoms with Crippen molar-refractivity contribution in [1.29, 1.82) is 0 Å². The summed E-state index contributed by atoms with van der Waals surface area (Å²) in [6, 6.07) is 16.0. The first kappa shape index (κ1) is 20.6. The van der Waals surface area contributed by atoms with Crippen molar-refractivity contribution in [3.05, 3.63) is 87.5 Å². The second-order valence-electron chi connectivity index (χ2n) is 6.38. The van der Waals surface area contributed by atoms with Crippen LogP contribution in [0.3, 0.4) is 0 Å². The zero-order valence-electron chi connectivity index (χ0n) is 15.7. The Bertz CT molecular complexity index is 1260. The molecule has 1 aromatic heterocycles. The van der Waals surface area contributed by atoms with Gasteiger partial charge in [-0.3, -0.25) is 9.59 Å². The van der Waals surface area contributed by atoms with Crippen molar-refractivity contribution in [2.24, 2.45) is 4.99 Å². The zero-order chi connectivity index (χ0) is 22.0. The molecule has 0 radical (unpaired) electrons. The lowest BCUT2D eigenvalue weighted by atomic mass is 10.1. The summed E-state index contributed by atoms with van der Waals surface area (Å²) in [5, 5.41) is 12.3. The normalized spacial score (nSPS) is 16.0. The highest BCUT2D eigenvalue weighted by Crippen LogP contribution is 2.29. The van der Waals surface area contributed by atoms with Gasteiger partial charge in [0.2, 0.25) is 0 Å². The molecule has 0 saturated carbocycles. The van der Waals surface area contributed by atoms with Crippen LogP contribution in [0, 0.1) is 0 Å². The van der Waals surface area contributed by atoms with Gasteiger partial charge in [-0.15, -0.1) is 0 Å². The van der Waals surface area contributed by atoms with Gasteiger partial charge >= 0.3 is 5.97 Å². The van der Waals surface area contributed by atoms with Crippen LogP contribution in [0.5, 0.6) is 0 Å². The smallest absolute Gasteiger partial charge is 0.335 e. The minimum absolute atomic E-state index is 0.144. The van der Waals surface area contributed by atoms with Crippen LogP contribution in [0.25, 0.3) is 17.4 Å². The lowest BCUT2D eigenvalue weighted by Gasteiger charge is -1.99. The van der Waals surface area contributed by atoms with Gasteiger partial charge in [-0.25, -0.2) is 4.79 Å². The van der Waals surface area contributed by atoms with E-state index in [9.17, 15) is 14.4 Å². The van der Waals surface area contributed by atoms with Gasteiger partial charge in [-0.2, -0.15) is 4.99 Å². The van der Waals surface area contributed by atoms with Crippen molar-refractivity contribution in [3.8, 4) is 11.3 Å². The predicted molar refractivity (Wildman–Crippen MR) is 118 cm³/mol. The predicted octanol–water partition coefficient (Wildman–Crippen LogP) is 4.70. The van der Waals surface area contributed by atoms with Crippen LogP contribution >= 0.6 is 23.4 Å². The molecule has 0 bridgehead atoms. The summed E-state index contributed by atoms with van der Waals surface area (Å²) >= 11 is 6.83. The molecule has 1 saturated heterocycles. The summed E-state index contributed by atoms with van der Waals surface area (Å²) in [6.45, 7) is 0. The number of carboxylic acid groups (broad SMARTS) is 1. The Kier molecular flexibility index (Phi) is 5.75. The van der Waals surface area contributed by atoms with E-state index in [0.717, 1.165) is 11.8 Å². The van der Waals surface area contributed by atoms with E-state index < -0.39 is 17.8 Å². The number of thioether (sulfide) groups is 1. The highest BCUT2D eigenvalue weighted by Gasteiger charge is 2.25. The molecule has 31 heavy (non-hydrogen) atoms. The lowest BCUT2D eigenvalue weighted by Crippen LogP contribution is -2.20. The number of furan rings is 1. The number of carbonyl (C=O) groups excluding carboxylic acids is 2. The van der Waals surface area contributed by atoms with Gasteiger partial charge in [-0.05, 0) is 60.3 Å². The van der Waals surface area contributed by atoms with Crippen LogP contribution in [-0.2, 0) is 4.79 Å². The molecule has 2 amide bonds. The number of nitrogens with zero attached hydrogens (tertiary/aromatic N) is 1. The average Bonchev–Trinajstić information content (AvgIpc) is 3.35. The molecule has 2 N–H and O–H groups in total. The fraction of sp³-hybridized carbons (Fsp3) is 0. The number of rotatable bonds is 4. The van der Waals surface area contributed by atoms with E-state index in [-0.39, 0.29) is 10.7 Å². The van der Waals surface area contributed by atoms with Gasteiger partial charge in [0.1, 0.15) is 11.5 Å². The highest BCUT2D eigenvalue weighted by atomic mass is 35.5. The molecule has 7 nitrogen and oxygen atoms in total. The molecule has 0 unspecified atom stereocenters. The van der Waals surface area contributed by atoms with Crippen LogP contribution in [0.4, 0.5) is 0 Å². The van der Waals surface area contributed by atoms with E-state index >= 15 is 0 Å². The number of amides is 2. The summed E-state index contributed by atoms with van der Waals surface area (Å²) in [5.74, 6) is -1.07. The number of nitrogens with one attached hydrogen (secondary N) is 1. The molecule has 2 heterocycles. The van der Waals surface area contributed by atoms with Crippen LogP contribution < -0.4 is 5.32 Å². The quantitative estimate of drug-likeness (QED) is 0.555. The van der Waals surface area contributed by atoms with Crippen molar-refractivity contribution < 1.29 is 23.9 Å². The zero-order valence-corrected chi connectivity index (χ0v) is 17.2. The van der Waals surface area contributed by atoms with Crippen LogP contribution in [-0.4, -0.2) is 28.1 Å². The summed E-state index contributed by atoms with van der Waals surface area (Å²) in [6.07, 6.45) is 1.53. The number of hydrogen-bond acceptors (Lipinski definition) is 5. The van der Waals surface area contributed by atoms with Gasteiger partial charge in [0.15, 0.2) is 5.17 Å². The SMILES string of the molecule is O=C1NC(=NC(=O)c2ccc(Cl)cc2)S/C1=C\c1ccc(-c2cccc(C(=O)O)c2)o1. The first-order chi connectivity index (χ1) is 14.9. The van der Waals surface area contributed by atoms with Crippen LogP contribution in [0.1, 0.15) is 26.5 Å².